The summed E-state index contributed by atoms with van der Waals surface area (Å²) in [6.07, 6.45) is 0. The average Bonchev–Trinajstić information content (AvgIpc) is 0.811. The van der Waals surface area contributed by atoms with Crippen LogP contribution in [0, 0.1) is 0 Å². The fourth-order valence-corrected chi connectivity index (χ4v) is 0. The van der Waals surface area contributed by atoms with Crippen molar-refractivity contribution in [3.63, 3.8) is 0 Å². The van der Waals surface area contributed by atoms with Gasteiger partial charge in [-0.05, 0) is 0 Å². The van der Waals surface area contributed by atoms with Crippen LogP contribution in [-0.2, 0) is 17.1 Å². The molecule has 0 aliphatic heterocycles. The molecule has 5 heavy (non-hydrogen) atoms. The first-order chi connectivity index (χ1) is 1.73. The van der Waals surface area contributed by atoms with Crippen LogP contribution in [0.2, 0.25) is 0 Å². The van der Waals surface area contributed by atoms with Gasteiger partial charge in [0.2, 0.25) is 0 Å². The minimum absolute atomic E-state index is 0. The Balaban J connectivity index is 0. The molecule has 0 rings (SSSR count). The SMILES string of the molecule is BrB(Br)Br.[Fe]. The summed E-state index contributed by atoms with van der Waals surface area (Å²) in [5.74, 6) is 0. The maximum absolute atomic E-state index is 3.10. The topological polar surface area (TPSA) is 0 Å². The van der Waals surface area contributed by atoms with E-state index in [9.17, 15) is 0 Å². The van der Waals surface area contributed by atoms with Crippen molar-refractivity contribution in [1.29, 1.82) is 0 Å². The van der Waals surface area contributed by atoms with Crippen LogP contribution in [0.4, 0.5) is 0 Å². The van der Waals surface area contributed by atoms with Gasteiger partial charge in [0, 0.05) is 17.1 Å². The predicted molar refractivity (Wildman–Crippen MR) is 32.5 cm³/mol. The third kappa shape index (κ3) is 23.8. The summed E-state index contributed by atoms with van der Waals surface area (Å²) in [6.45, 7) is 0. The molecular weight excluding hydrogens is 306 g/mol. The molecule has 0 heterocycles. The van der Waals surface area contributed by atoms with Gasteiger partial charge in [0.05, 0.1) is 0 Å². The van der Waals surface area contributed by atoms with Crippen molar-refractivity contribution in [2.75, 3.05) is 0 Å². The molecule has 0 aliphatic rings. The van der Waals surface area contributed by atoms with Crippen molar-refractivity contribution in [3.8, 4) is 0 Å². The largest absolute Gasteiger partial charge is 0.369 e. The fourth-order valence-electron chi connectivity index (χ4n) is 0. The summed E-state index contributed by atoms with van der Waals surface area (Å²) < 4.78 is 0.271. The summed E-state index contributed by atoms with van der Waals surface area (Å²) in [6, 6.07) is 0. The molecule has 0 amide bonds. The van der Waals surface area contributed by atoms with E-state index in [0.29, 0.717) is 0 Å². The summed E-state index contributed by atoms with van der Waals surface area (Å²) in [5.41, 5.74) is 0. The van der Waals surface area contributed by atoms with Crippen molar-refractivity contribution >= 4 is 50.5 Å². The van der Waals surface area contributed by atoms with E-state index in [4.69, 9.17) is 0 Å². The first-order valence-electron chi connectivity index (χ1n) is 0.655. The predicted octanol–water partition coefficient (Wildman–Crippen LogP) is 2.15. The Hall–Kier alpha value is 2.02. The van der Waals surface area contributed by atoms with Crippen LogP contribution in [0.15, 0.2) is 0 Å². The van der Waals surface area contributed by atoms with Gasteiger partial charge < -0.3 is 0 Å². The monoisotopic (exact) mass is 304 g/mol. The summed E-state index contributed by atoms with van der Waals surface area (Å²) in [4.78, 5) is 0. The van der Waals surface area contributed by atoms with Crippen LogP contribution < -0.4 is 0 Å². The first-order valence-corrected chi connectivity index (χ1v) is 3.40. The Morgan fingerprint density at radius 2 is 1.00 bits per heavy atom. The third-order valence-electron chi connectivity index (χ3n) is 0. The van der Waals surface area contributed by atoms with Gasteiger partial charge in [0.1, 0.15) is 0 Å². The van der Waals surface area contributed by atoms with Crippen LogP contribution in [0.25, 0.3) is 0 Å². The molecule has 0 spiro atoms. The molecule has 0 aliphatic carbocycles. The molecule has 0 aromatic rings. The second-order valence-corrected chi connectivity index (χ2v) is 6.68. The van der Waals surface area contributed by atoms with Crippen LogP contribution in [0.5, 0.6) is 0 Å². The maximum atomic E-state index is 3.10. The van der Waals surface area contributed by atoms with E-state index >= 15 is 0 Å². The number of hydrogen-bond acceptors (Lipinski definition) is 0. The smallest absolute Gasteiger partial charge is 0.123 e. The molecular formula is BBr3Fe. The molecule has 0 atom stereocenters. The second kappa shape index (κ2) is 6.02. The van der Waals surface area contributed by atoms with Gasteiger partial charge in [-0.15, -0.1) is 47.3 Å². The molecule has 0 radical (unpaired) electrons. The van der Waals surface area contributed by atoms with E-state index in [-0.39, 0.29) is 20.3 Å². The van der Waals surface area contributed by atoms with E-state index in [0.717, 1.165) is 0 Å². The van der Waals surface area contributed by atoms with Crippen LogP contribution in [0.1, 0.15) is 0 Å². The second-order valence-electron chi connectivity index (χ2n) is 0.247. The quantitative estimate of drug-likeness (QED) is 0.602. The molecule has 32 valence electrons. The number of rotatable bonds is 0. The van der Waals surface area contributed by atoms with E-state index in [2.05, 4.69) is 47.3 Å². The molecule has 0 fully saturated rings. The molecule has 0 saturated heterocycles. The molecule has 0 N–H and O–H groups in total. The normalized spacial score (nSPS) is 5.40. The molecule has 5 heteroatoms. The molecule has 0 nitrogen and oxygen atoms in total. The minimum Gasteiger partial charge on any atom is -0.123 e. The first kappa shape index (κ1) is 10.1. The number of halogens is 3. The van der Waals surface area contributed by atoms with Crippen LogP contribution in [-0.4, -0.2) is 3.18 Å². The van der Waals surface area contributed by atoms with Gasteiger partial charge in [0.25, 0.3) is 0 Å². The molecule has 0 bridgehead atoms. The van der Waals surface area contributed by atoms with E-state index < -0.39 is 0 Å². The maximum Gasteiger partial charge on any atom is 0.369 e. The van der Waals surface area contributed by atoms with Crippen molar-refractivity contribution in [2.45, 2.75) is 0 Å². The fraction of sp³-hybridized carbons (Fsp3) is 0. The number of hydrogen-bond donors (Lipinski definition) is 0. The van der Waals surface area contributed by atoms with Gasteiger partial charge in [0.15, 0.2) is 0 Å². The summed E-state index contributed by atoms with van der Waals surface area (Å²) in [5, 5.41) is 0. The van der Waals surface area contributed by atoms with Crippen molar-refractivity contribution in [2.24, 2.45) is 0 Å². The average molecular weight is 306 g/mol. The molecule has 0 unspecified atom stereocenters. The van der Waals surface area contributed by atoms with Gasteiger partial charge in [-0.1, -0.05) is 0 Å². The summed E-state index contributed by atoms with van der Waals surface area (Å²) >= 11 is 9.31. The van der Waals surface area contributed by atoms with Gasteiger partial charge in [-0.3, -0.25) is 0 Å². The minimum atomic E-state index is 0. The third-order valence-corrected chi connectivity index (χ3v) is 0. The zero-order valence-electron chi connectivity index (χ0n) is 2.06. The van der Waals surface area contributed by atoms with Crippen LogP contribution in [0.3, 0.4) is 0 Å². The Bertz CT molecular complexity index is 11.6. The Morgan fingerprint density at radius 1 is 1.00 bits per heavy atom. The Kier molecular flexibility index (Phi) is 12.2. The Morgan fingerprint density at radius 3 is 1.00 bits per heavy atom. The van der Waals surface area contributed by atoms with Gasteiger partial charge >= 0.3 is 3.18 Å². The van der Waals surface area contributed by atoms with E-state index in [1.807, 2.05) is 0 Å². The molecule has 0 aromatic carbocycles. The van der Waals surface area contributed by atoms with E-state index in [1.165, 1.54) is 0 Å². The van der Waals surface area contributed by atoms with E-state index in [1.54, 1.807) is 0 Å². The van der Waals surface area contributed by atoms with Gasteiger partial charge in [-0.25, -0.2) is 0 Å². The zero-order valence-corrected chi connectivity index (χ0v) is 7.93. The molecule has 0 aromatic heterocycles. The molecule has 0 saturated carbocycles. The van der Waals surface area contributed by atoms with Crippen molar-refractivity contribution in [1.82, 2.24) is 0 Å². The van der Waals surface area contributed by atoms with Gasteiger partial charge in [-0.2, -0.15) is 0 Å². The summed E-state index contributed by atoms with van der Waals surface area (Å²) in [7, 11) is 0. The van der Waals surface area contributed by atoms with Crippen molar-refractivity contribution in [3.05, 3.63) is 0 Å². The zero-order chi connectivity index (χ0) is 3.58. The van der Waals surface area contributed by atoms with Crippen molar-refractivity contribution < 1.29 is 17.1 Å². The van der Waals surface area contributed by atoms with Crippen LogP contribution >= 0.6 is 47.3 Å². The Labute approximate surface area is 66.9 Å². The standard InChI is InChI=1S/BBr3.Fe/c2-1(3)4;.